The summed E-state index contributed by atoms with van der Waals surface area (Å²) in [6, 6.07) is 4.02. The molecule has 0 aliphatic rings. The van der Waals surface area contributed by atoms with E-state index in [1.165, 1.54) is 0 Å². The molecular weight excluding hydrogens is 152 g/mol. The van der Waals surface area contributed by atoms with Gasteiger partial charge in [0, 0.05) is 25.4 Å². The van der Waals surface area contributed by atoms with E-state index in [1.54, 1.807) is 17.0 Å². The number of unbranched alkanes of at least 4 members (excludes halogenated alkanes) is 1. The smallest absolute Gasteiger partial charge is 0.212 e. The molecule has 1 aromatic heterocycles. The molecule has 0 N–H and O–H groups in total. The van der Waals surface area contributed by atoms with Crippen molar-refractivity contribution >= 4 is 0 Å². The molecule has 1 aromatic rings. The second-order valence-electron chi connectivity index (χ2n) is 2.32. The van der Waals surface area contributed by atoms with Crippen molar-refractivity contribution in [3.63, 3.8) is 0 Å². The van der Waals surface area contributed by atoms with Crippen molar-refractivity contribution in [2.75, 3.05) is 0 Å². The minimum Gasteiger partial charge on any atom is -0.323 e. The molecule has 12 heavy (non-hydrogen) atoms. The number of aromatic nitrogens is 2. The van der Waals surface area contributed by atoms with Crippen LogP contribution in [0.1, 0.15) is 18.7 Å². The van der Waals surface area contributed by atoms with Gasteiger partial charge in [0.15, 0.2) is 0 Å². The maximum absolute atomic E-state index is 8.57. The first-order valence-electron chi connectivity index (χ1n) is 3.66. The first kappa shape index (κ1) is 8.29. The SMILES string of the molecule is N#CCCCn1ccnc1C#N. The predicted molar refractivity (Wildman–Crippen MR) is 41.8 cm³/mol. The van der Waals surface area contributed by atoms with E-state index in [9.17, 15) is 0 Å². The van der Waals surface area contributed by atoms with Crippen molar-refractivity contribution in [1.82, 2.24) is 9.55 Å². The Labute approximate surface area is 70.7 Å². The van der Waals surface area contributed by atoms with Crippen LogP contribution in [-0.4, -0.2) is 9.55 Å². The lowest BCUT2D eigenvalue weighted by atomic mass is 10.3. The van der Waals surface area contributed by atoms with Gasteiger partial charge >= 0.3 is 0 Å². The quantitative estimate of drug-likeness (QED) is 0.621. The summed E-state index contributed by atoms with van der Waals surface area (Å²) >= 11 is 0. The minimum absolute atomic E-state index is 0.410. The van der Waals surface area contributed by atoms with Gasteiger partial charge in [-0.25, -0.2) is 4.98 Å². The molecule has 0 unspecified atom stereocenters. The normalized spacial score (nSPS) is 8.83. The molecule has 4 heteroatoms. The Kier molecular flexibility index (Phi) is 2.87. The first-order valence-corrected chi connectivity index (χ1v) is 3.66. The number of rotatable bonds is 3. The van der Waals surface area contributed by atoms with Crippen LogP contribution < -0.4 is 0 Å². The lowest BCUT2D eigenvalue weighted by Crippen LogP contribution is -1.99. The van der Waals surface area contributed by atoms with E-state index in [0.717, 1.165) is 6.42 Å². The fourth-order valence-electron chi connectivity index (χ4n) is 0.931. The fraction of sp³-hybridized carbons (Fsp3) is 0.375. The Hall–Kier alpha value is -1.81. The van der Waals surface area contributed by atoms with Crippen molar-refractivity contribution in [2.45, 2.75) is 19.4 Å². The summed E-state index contributed by atoms with van der Waals surface area (Å²) in [4.78, 5) is 3.83. The molecular formula is C8H8N4. The van der Waals surface area contributed by atoms with Crippen LogP contribution in [0.5, 0.6) is 0 Å². The molecule has 0 aromatic carbocycles. The third-order valence-corrected chi connectivity index (χ3v) is 1.50. The van der Waals surface area contributed by atoms with E-state index in [2.05, 4.69) is 11.1 Å². The summed E-state index contributed by atoms with van der Waals surface area (Å²) in [5, 5.41) is 16.8. The summed E-state index contributed by atoms with van der Waals surface area (Å²) in [5.41, 5.74) is 0. The van der Waals surface area contributed by atoms with Gasteiger partial charge in [0.2, 0.25) is 5.82 Å². The zero-order valence-corrected chi connectivity index (χ0v) is 6.56. The molecule has 0 aliphatic carbocycles. The van der Waals surface area contributed by atoms with E-state index < -0.39 is 0 Å². The van der Waals surface area contributed by atoms with E-state index >= 15 is 0 Å². The number of imidazole rings is 1. The Morgan fingerprint density at radius 3 is 3.00 bits per heavy atom. The van der Waals surface area contributed by atoms with Gasteiger partial charge in [-0.2, -0.15) is 10.5 Å². The van der Waals surface area contributed by atoms with E-state index in [0.29, 0.717) is 18.8 Å². The van der Waals surface area contributed by atoms with Crippen LogP contribution in [0.15, 0.2) is 12.4 Å². The average molecular weight is 160 g/mol. The third-order valence-electron chi connectivity index (χ3n) is 1.50. The number of aryl methyl sites for hydroxylation is 1. The van der Waals surface area contributed by atoms with Crippen LogP contribution in [0, 0.1) is 22.7 Å². The lowest BCUT2D eigenvalue weighted by Gasteiger charge is -1.98. The molecule has 0 amide bonds. The van der Waals surface area contributed by atoms with Crippen molar-refractivity contribution in [3.8, 4) is 12.1 Å². The molecule has 0 spiro atoms. The summed E-state index contributed by atoms with van der Waals surface area (Å²) in [5.74, 6) is 0.410. The highest BCUT2D eigenvalue weighted by molar-refractivity contribution is 5.10. The van der Waals surface area contributed by atoms with Crippen molar-refractivity contribution in [1.29, 1.82) is 10.5 Å². The monoisotopic (exact) mass is 160 g/mol. The molecule has 0 saturated carbocycles. The van der Waals surface area contributed by atoms with Gasteiger partial charge in [-0.05, 0) is 6.42 Å². The van der Waals surface area contributed by atoms with E-state index in [4.69, 9.17) is 10.5 Å². The lowest BCUT2D eigenvalue weighted by molar-refractivity contribution is 0.645. The highest BCUT2D eigenvalue weighted by atomic mass is 15.1. The Bertz CT molecular complexity index is 326. The third kappa shape index (κ3) is 1.83. The van der Waals surface area contributed by atoms with Gasteiger partial charge in [0.05, 0.1) is 6.07 Å². The molecule has 0 saturated heterocycles. The highest BCUT2D eigenvalue weighted by Gasteiger charge is 1.98. The first-order chi connectivity index (χ1) is 5.88. The molecule has 0 fully saturated rings. The van der Waals surface area contributed by atoms with E-state index in [1.807, 2.05) is 6.07 Å². The molecule has 0 bridgehead atoms. The van der Waals surface area contributed by atoms with Crippen molar-refractivity contribution < 1.29 is 0 Å². The predicted octanol–water partition coefficient (Wildman–Crippen LogP) is 1.06. The summed E-state index contributed by atoms with van der Waals surface area (Å²) < 4.78 is 1.75. The second kappa shape index (κ2) is 4.15. The topological polar surface area (TPSA) is 65.4 Å². The van der Waals surface area contributed by atoms with Crippen LogP contribution in [0.4, 0.5) is 0 Å². The van der Waals surface area contributed by atoms with Crippen molar-refractivity contribution in [2.24, 2.45) is 0 Å². The van der Waals surface area contributed by atoms with Crippen LogP contribution in [0.25, 0.3) is 0 Å². The Morgan fingerprint density at radius 2 is 2.33 bits per heavy atom. The standard InChI is InChI=1S/C8H8N4/c9-3-1-2-5-12-6-4-11-8(12)7-10/h4,6H,1-2,5H2. The molecule has 1 heterocycles. The molecule has 60 valence electrons. The van der Waals surface area contributed by atoms with Crippen LogP contribution in [-0.2, 0) is 6.54 Å². The van der Waals surface area contributed by atoms with Gasteiger partial charge in [-0.1, -0.05) is 0 Å². The maximum Gasteiger partial charge on any atom is 0.212 e. The summed E-state index contributed by atoms with van der Waals surface area (Å²) in [6.45, 7) is 0.691. The maximum atomic E-state index is 8.57. The molecule has 1 rings (SSSR count). The van der Waals surface area contributed by atoms with Gasteiger partial charge < -0.3 is 4.57 Å². The fourth-order valence-corrected chi connectivity index (χ4v) is 0.931. The number of hydrogen-bond donors (Lipinski definition) is 0. The number of nitrogens with zero attached hydrogens (tertiary/aromatic N) is 4. The number of nitriles is 2. The summed E-state index contributed by atoms with van der Waals surface area (Å²) in [7, 11) is 0. The molecule has 0 radical (unpaired) electrons. The highest BCUT2D eigenvalue weighted by Crippen LogP contribution is 1.98. The average Bonchev–Trinajstić information content (AvgIpc) is 2.52. The second-order valence-corrected chi connectivity index (χ2v) is 2.32. The van der Waals surface area contributed by atoms with Gasteiger partial charge in [0.1, 0.15) is 6.07 Å². The van der Waals surface area contributed by atoms with Crippen LogP contribution in [0.3, 0.4) is 0 Å². The van der Waals surface area contributed by atoms with Gasteiger partial charge in [-0.15, -0.1) is 0 Å². The molecule has 0 atom stereocenters. The zero-order chi connectivity index (χ0) is 8.81. The largest absolute Gasteiger partial charge is 0.323 e. The zero-order valence-electron chi connectivity index (χ0n) is 6.56. The minimum atomic E-state index is 0.410. The number of hydrogen-bond acceptors (Lipinski definition) is 3. The molecule has 0 aliphatic heterocycles. The van der Waals surface area contributed by atoms with Crippen LogP contribution in [0.2, 0.25) is 0 Å². The van der Waals surface area contributed by atoms with Crippen LogP contribution >= 0.6 is 0 Å². The Balaban J connectivity index is 2.53. The van der Waals surface area contributed by atoms with Crippen molar-refractivity contribution in [3.05, 3.63) is 18.2 Å². The van der Waals surface area contributed by atoms with Gasteiger partial charge in [0.25, 0.3) is 0 Å². The van der Waals surface area contributed by atoms with Gasteiger partial charge in [-0.3, -0.25) is 0 Å². The van der Waals surface area contributed by atoms with E-state index in [-0.39, 0.29) is 0 Å². The summed E-state index contributed by atoms with van der Waals surface area (Å²) in [6.07, 6.45) is 4.62. The molecule has 4 nitrogen and oxygen atoms in total. The Morgan fingerprint density at radius 1 is 1.50 bits per heavy atom.